The average Bonchev–Trinajstić information content (AvgIpc) is 2.95. The number of hydrogen-bond acceptors (Lipinski definition) is 3. The van der Waals surface area contributed by atoms with Crippen molar-refractivity contribution in [3.05, 3.63) is 82.9 Å². The van der Waals surface area contributed by atoms with E-state index in [-0.39, 0.29) is 0 Å². The first-order chi connectivity index (χ1) is 10.3. The summed E-state index contributed by atoms with van der Waals surface area (Å²) in [5.41, 5.74) is 3.84. The van der Waals surface area contributed by atoms with E-state index < -0.39 is 0 Å². The molecule has 0 saturated carbocycles. The van der Waals surface area contributed by atoms with Crippen LogP contribution in [-0.2, 0) is 0 Å². The van der Waals surface area contributed by atoms with Crippen molar-refractivity contribution < 1.29 is 0 Å². The van der Waals surface area contributed by atoms with Gasteiger partial charge in [0.25, 0.3) is 0 Å². The van der Waals surface area contributed by atoms with Gasteiger partial charge in [0.2, 0.25) is 0 Å². The molecule has 0 unspecified atom stereocenters. The number of aromatic nitrogens is 1. The largest absolute Gasteiger partial charge is 0.235 e. The van der Waals surface area contributed by atoms with E-state index in [4.69, 9.17) is 0 Å². The van der Waals surface area contributed by atoms with Crippen molar-refractivity contribution in [1.29, 1.82) is 0 Å². The molecule has 1 nitrogen and oxygen atoms in total. The van der Waals surface area contributed by atoms with E-state index in [0.717, 1.165) is 15.8 Å². The first-order valence-corrected chi connectivity index (χ1v) is 8.84. The Morgan fingerprint density at radius 2 is 1.52 bits per heavy atom. The molecule has 21 heavy (non-hydrogen) atoms. The fourth-order valence-electron chi connectivity index (χ4n) is 2.31. The Balaban J connectivity index is 1.83. The predicted octanol–water partition coefficient (Wildman–Crippen LogP) is 5.38. The molecular weight excluding hydrogens is 294 g/mol. The van der Waals surface area contributed by atoms with Gasteiger partial charge < -0.3 is 0 Å². The number of thioether (sulfide) groups is 1. The zero-order chi connectivity index (χ0) is 14.5. The fourth-order valence-corrected chi connectivity index (χ4v) is 4.35. The number of thiazole rings is 1. The molecule has 0 fully saturated rings. The Morgan fingerprint density at radius 3 is 2.00 bits per heavy atom. The fraction of sp³-hybridized carbons (Fsp3) is 0.167. The SMILES string of the molecule is Cc1csc(SCC(c2ccccc2)c2ccccc2)n1. The molecule has 0 aliphatic rings. The van der Waals surface area contributed by atoms with Crippen LogP contribution in [0.3, 0.4) is 0 Å². The minimum absolute atomic E-state index is 0.404. The van der Waals surface area contributed by atoms with Crippen molar-refractivity contribution in [2.45, 2.75) is 17.2 Å². The van der Waals surface area contributed by atoms with E-state index in [1.54, 1.807) is 11.3 Å². The highest BCUT2D eigenvalue weighted by molar-refractivity contribution is 8.01. The van der Waals surface area contributed by atoms with Crippen LogP contribution in [0.4, 0.5) is 0 Å². The minimum Gasteiger partial charge on any atom is -0.235 e. The molecule has 0 N–H and O–H groups in total. The zero-order valence-corrected chi connectivity index (χ0v) is 13.5. The molecule has 1 heterocycles. The Bertz CT molecular complexity index is 637. The first kappa shape index (κ1) is 14.4. The summed E-state index contributed by atoms with van der Waals surface area (Å²) in [6, 6.07) is 21.5. The molecule has 1 aromatic heterocycles. The third-order valence-corrected chi connectivity index (χ3v) is 5.61. The van der Waals surface area contributed by atoms with Gasteiger partial charge in [0.15, 0.2) is 0 Å². The van der Waals surface area contributed by atoms with Crippen LogP contribution in [0.1, 0.15) is 22.7 Å². The Morgan fingerprint density at radius 1 is 0.952 bits per heavy atom. The second kappa shape index (κ2) is 6.92. The minimum atomic E-state index is 0.404. The second-order valence-corrected chi connectivity index (χ2v) is 7.06. The lowest BCUT2D eigenvalue weighted by molar-refractivity contribution is 0.935. The molecule has 0 bridgehead atoms. The third kappa shape index (κ3) is 3.74. The first-order valence-electron chi connectivity index (χ1n) is 6.98. The van der Waals surface area contributed by atoms with Crippen molar-refractivity contribution in [3.8, 4) is 0 Å². The van der Waals surface area contributed by atoms with Crippen LogP contribution >= 0.6 is 23.1 Å². The molecule has 3 heteroatoms. The predicted molar refractivity (Wildman–Crippen MR) is 92.3 cm³/mol. The van der Waals surface area contributed by atoms with E-state index in [0.29, 0.717) is 5.92 Å². The highest BCUT2D eigenvalue weighted by Crippen LogP contribution is 2.32. The summed E-state index contributed by atoms with van der Waals surface area (Å²) in [6.45, 7) is 2.05. The van der Waals surface area contributed by atoms with Crippen molar-refractivity contribution in [2.75, 3.05) is 5.75 Å². The summed E-state index contributed by atoms with van der Waals surface area (Å²) in [5.74, 6) is 1.42. The number of benzene rings is 2. The van der Waals surface area contributed by atoms with Crippen LogP contribution in [0.25, 0.3) is 0 Å². The van der Waals surface area contributed by atoms with Crippen LogP contribution in [0.2, 0.25) is 0 Å². The molecule has 106 valence electrons. The van der Waals surface area contributed by atoms with Crippen molar-refractivity contribution >= 4 is 23.1 Å². The van der Waals surface area contributed by atoms with Gasteiger partial charge >= 0.3 is 0 Å². The lowest BCUT2D eigenvalue weighted by atomic mass is 9.93. The highest BCUT2D eigenvalue weighted by atomic mass is 32.2. The van der Waals surface area contributed by atoms with Gasteiger partial charge in [0, 0.05) is 22.7 Å². The summed E-state index contributed by atoms with van der Waals surface area (Å²) in [6.07, 6.45) is 0. The van der Waals surface area contributed by atoms with Gasteiger partial charge in [-0.2, -0.15) is 0 Å². The van der Waals surface area contributed by atoms with Gasteiger partial charge in [-0.1, -0.05) is 72.4 Å². The maximum Gasteiger partial charge on any atom is 0.150 e. The normalized spacial score (nSPS) is 11.0. The van der Waals surface area contributed by atoms with Crippen LogP contribution in [0.5, 0.6) is 0 Å². The molecule has 0 aliphatic heterocycles. The topological polar surface area (TPSA) is 12.9 Å². The molecule has 3 aromatic rings. The maximum atomic E-state index is 4.55. The smallest absolute Gasteiger partial charge is 0.150 e. The van der Waals surface area contributed by atoms with Gasteiger partial charge in [-0.25, -0.2) is 4.98 Å². The lowest BCUT2D eigenvalue weighted by Crippen LogP contribution is -2.04. The molecular formula is C18H17NS2. The molecule has 0 spiro atoms. The Labute approximate surface area is 134 Å². The maximum absolute atomic E-state index is 4.55. The molecule has 0 amide bonds. The number of hydrogen-bond donors (Lipinski definition) is 0. The van der Waals surface area contributed by atoms with E-state index in [1.165, 1.54) is 11.1 Å². The van der Waals surface area contributed by atoms with Gasteiger partial charge in [0.05, 0.1) is 0 Å². The monoisotopic (exact) mass is 311 g/mol. The van der Waals surface area contributed by atoms with Gasteiger partial charge in [-0.05, 0) is 18.1 Å². The molecule has 0 radical (unpaired) electrons. The van der Waals surface area contributed by atoms with Crippen molar-refractivity contribution in [3.63, 3.8) is 0 Å². The van der Waals surface area contributed by atoms with Crippen LogP contribution in [0, 0.1) is 6.92 Å². The summed E-state index contributed by atoms with van der Waals surface area (Å²) in [5, 5.41) is 2.11. The number of rotatable bonds is 5. The number of aryl methyl sites for hydroxylation is 1. The highest BCUT2D eigenvalue weighted by Gasteiger charge is 2.15. The molecule has 3 rings (SSSR count). The van der Waals surface area contributed by atoms with E-state index in [1.807, 2.05) is 18.7 Å². The summed E-state index contributed by atoms with van der Waals surface area (Å²) < 4.78 is 1.16. The van der Waals surface area contributed by atoms with Gasteiger partial charge in [0.1, 0.15) is 4.34 Å². The van der Waals surface area contributed by atoms with Crippen LogP contribution in [-0.4, -0.2) is 10.7 Å². The standard InChI is InChI=1S/C18H17NS2/c1-14-12-20-18(19-14)21-13-17(15-8-4-2-5-9-15)16-10-6-3-7-11-16/h2-12,17H,13H2,1H3. The summed E-state index contributed by atoms with van der Waals surface area (Å²) >= 11 is 3.58. The molecule has 0 atom stereocenters. The molecule has 2 aromatic carbocycles. The summed E-state index contributed by atoms with van der Waals surface area (Å²) in [4.78, 5) is 4.55. The quantitative estimate of drug-likeness (QED) is 0.587. The number of nitrogens with zero attached hydrogens (tertiary/aromatic N) is 1. The van der Waals surface area contributed by atoms with Crippen molar-refractivity contribution in [2.24, 2.45) is 0 Å². The van der Waals surface area contributed by atoms with Crippen molar-refractivity contribution in [1.82, 2.24) is 4.98 Å². The van der Waals surface area contributed by atoms with Crippen LogP contribution < -0.4 is 0 Å². The second-order valence-electron chi connectivity index (χ2n) is 4.94. The van der Waals surface area contributed by atoms with E-state index >= 15 is 0 Å². The van der Waals surface area contributed by atoms with Crippen LogP contribution in [0.15, 0.2) is 70.4 Å². The van der Waals surface area contributed by atoms with Gasteiger partial charge in [-0.3, -0.25) is 0 Å². The van der Waals surface area contributed by atoms with E-state index in [2.05, 4.69) is 71.0 Å². The van der Waals surface area contributed by atoms with Gasteiger partial charge in [-0.15, -0.1) is 11.3 Å². The average molecular weight is 311 g/mol. The van der Waals surface area contributed by atoms with E-state index in [9.17, 15) is 0 Å². The summed E-state index contributed by atoms with van der Waals surface area (Å²) in [7, 11) is 0. The Hall–Kier alpha value is -1.58. The third-order valence-electron chi connectivity index (χ3n) is 3.38. The zero-order valence-electron chi connectivity index (χ0n) is 11.9. The molecule has 0 saturated heterocycles. The Kier molecular flexibility index (Phi) is 4.73. The lowest BCUT2D eigenvalue weighted by Gasteiger charge is -2.17. The molecule has 0 aliphatic carbocycles.